The van der Waals surface area contributed by atoms with Gasteiger partial charge in [0.1, 0.15) is 5.54 Å². The van der Waals surface area contributed by atoms with Crippen molar-refractivity contribution in [1.29, 1.82) is 5.26 Å². The third-order valence-corrected chi connectivity index (χ3v) is 3.07. The lowest BCUT2D eigenvalue weighted by atomic mass is 10.00. The van der Waals surface area contributed by atoms with E-state index in [1.165, 1.54) is 0 Å². The zero-order valence-corrected chi connectivity index (χ0v) is 9.70. The zero-order chi connectivity index (χ0) is 11.3. The molecule has 0 saturated carbocycles. The lowest BCUT2D eigenvalue weighted by Crippen LogP contribution is -2.42. The fraction of sp³-hybridized carbons (Fsp3) is 0.909. The van der Waals surface area contributed by atoms with E-state index in [1.807, 2.05) is 0 Å². The molecule has 4 nitrogen and oxygen atoms in total. The number of hydrogen-bond acceptors (Lipinski definition) is 4. The first-order valence-corrected chi connectivity index (χ1v) is 5.52. The van der Waals surface area contributed by atoms with Crippen molar-refractivity contribution >= 4 is 0 Å². The van der Waals surface area contributed by atoms with Crippen molar-refractivity contribution in [2.24, 2.45) is 5.73 Å². The van der Waals surface area contributed by atoms with Crippen LogP contribution in [0.15, 0.2) is 0 Å². The third kappa shape index (κ3) is 4.17. The lowest BCUT2D eigenvalue weighted by Gasteiger charge is -2.32. The summed E-state index contributed by atoms with van der Waals surface area (Å²) < 4.78 is 5.30. The average Bonchev–Trinajstić information content (AvgIpc) is 2.27. The minimum Gasteiger partial charge on any atom is -0.381 e. The largest absolute Gasteiger partial charge is 0.381 e. The van der Waals surface area contributed by atoms with Crippen LogP contribution in [0.4, 0.5) is 0 Å². The van der Waals surface area contributed by atoms with Gasteiger partial charge in [-0.2, -0.15) is 5.26 Å². The fourth-order valence-corrected chi connectivity index (χ4v) is 1.81. The monoisotopic (exact) mass is 211 g/mol. The highest BCUT2D eigenvalue weighted by Gasteiger charge is 2.22. The number of piperidine rings is 1. The second-order valence-electron chi connectivity index (χ2n) is 4.56. The highest BCUT2D eigenvalue weighted by atomic mass is 16.5. The molecule has 1 saturated heterocycles. The smallest absolute Gasteiger partial charge is 0.102 e. The summed E-state index contributed by atoms with van der Waals surface area (Å²) in [4.78, 5) is 2.36. The molecule has 1 unspecified atom stereocenters. The number of methoxy groups -OCH3 is 1. The summed E-state index contributed by atoms with van der Waals surface area (Å²) in [5, 5.41) is 8.79. The Kier molecular flexibility index (Phi) is 4.52. The summed E-state index contributed by atoms with van der Waals surface area (Å²) in [6, 6.07) is 2.13. The van der Waals surface area contributed by atoms with Gasteiger partial charge in [0.05, 0.1) is 12.2 Å². The highest BCUT2D eigenvalue weighted by molar-refractivity contribution is 5.01. The fourth-order valence-electron chi connectivity index (χ4n) is 1.81. The van der Waals surface area contributed by atoms with Gasteiger partial charge in [0, 0.05) is 26.7 Å². The summed E-state index contributed by atoms with van der Waals surface area (Å²) in [5.41, 5.74) is 5.09. The summed E-state index contributed by atoms with van der Waals surface area (Å²) >= 11 is 0. The van der Waals surface area contributed by atoms with Crippen molar-refractivity contribution in [3.63, 3.8) is 0 Å². The molecule has 0 radical (unpaired) electrons. The van der Waals surface area contributed by atoms with Gasteiger partial charge in [0.15, 0.2) is 0 Å². The van der Waals surface area contributed by atoms with Gasteiger partial charge in [0.2, 0.25) is 0 Å². The molecular formula is C11H21N3O. The van der Waals surface area contributed by atoms with Gasteiger partial charge < -0.3 is 15.4 Å². The predicted octanol–water partition coefficient (Wildman–Crippen LogP) is 0.728. The molecule has 0 aromatic carbocycles. The minimum absolute atomic E-state index is 0.418. The Bertz CT molecular complexity index is 226. The van der Waals surface area contributed by atoms with Crippen LogP contribution in [-0.4, -0.2) is 43.3 Å². The first-order valence-electron chi connectivity index (χ1n) is 5.52. The Balaban J connectivity index is 2.22. The van der Waals surface area contributed by atoms with E-state index in [4.69, 9.17) is 15.7 Å². The molecule has 86 valence electrons. The van der Waals surface area contributed by atoms with Crippen LogP contribution < -0.4 is 5.73 Å². The van der Waals surface area contributed by atoms with Crippen molar-refractivity contribution in [1.82, 2.24) is 4.90 Å². The SMILES string of the molecule is COC1CCN(CCC(C)(N)C#N)CC1. The Morgan fingerprint density at radius 2 is 2.13 bits per heavy atom. The van der Waals surface area contributed by atoms with Crippen molar-refractivity contribution in [3.05, 3.63) is 0 Å². The number of ether oxygens (including phenoxy) is 1. The van der Waals surface area contributed by atoms with Crippen LogP contribution in [0.3, 0.4) is 0 Å². The van der Waals surface area contributed by atoms with Gasteiger partial charge in [-0.1, -0.05) is 0 Å². The van der Waals surface area contributed by atoms with Crippen molar-refractivity contribution < 1.29 is 4.74 Å². The molecule has 0 aliphatic carbocycles. The minimum atomic E-state index is -0.682. The van der Waals surface area contributed by atoms with Crippen molar-refractivity contribution in [3.8, 4) is 6.07 Å². The van der Waals surface area contributed by atoms with E-state index in [-0.39, 0.29) is 0 Å². The molecule has 1 heterocycles. The predicted molar refractivity (Wildman–Crippen MR) is 59.3 cm³/mol. The molecule has 1 rings (SSSR count). The van der Waals surface area contributed by atoms with Crippen LogP contribution in [-0.2, 0) is 4.74 Å². The topological polar surface area (TPSA) is 62.3 Å². The van der Waals surface area contributed by atoms with E-state index in [0.717, 1.165) is 38.9 Å². The molecule has 15 heavy (non-hydrogen) atoms. The Hall–Kier alpha value is -0.630. The van der Waals surface area contributed by atoms with Crippen LogP contribution in [0.25, 0.3) is 0 Å². The highest BCUT2D eigenvalue weighted by Crippen LogP contribution is 2.14. The van der Waals surface area contributed by atoms with Gasteiger partial charge in [-0.05, 0) is 26.2 Å². The molecule has 0 spiro atoms. The van der Waals surface area contributed by atoms with Crippen molar-refractivity contribution in [2.45, 2.75) is 37.8 Å². The molecule has 0 bridgehead atoms. The third-order valence-electron chi connectivity index (χ3n) is 3.07. The summed E-state index contributed by atoms with van der Waals surface area (Å²) in [6.45, 7) is 4.81. The van der Waals surface area contributed by atoms with E-state index in [2.05, 4.69) is 11.0 Å². The van der Waals surface area contributed by atoms with E-state index in [0.29, 0.717) is 6.10 Å². The van der Waals surface area contributed by atoms with Gasteiger partial charge in [-0.3, -0.25) is 0 Å². The molecule has 0 aromatic heterocycles. The maximum absolute atomic E-state index is 8.79. The van der Waals surface area contributed by atoms with Crippen LogP contribution in [0, 0.1) is 11.3 Å². The quantitative estimate of drug-likeness (QED) is 0.744. The first-order chi connectivity index (χ1) is 7.07. The summed E-state index contributed by atoms with van der Waals surface area (Å²) in [6.07, 6.45) is 3.33. The second kappa shape index (κ2) is 5.45. The number of nitrogens with two attached hydrogens (primary N) is 1. The number of nitrogens with zero attached hydrogens (tertiary/aromatic N) is 2. The molecule has 1 aliphatic rings. The molecule has 4 heteroatoms. The van der Waals surface area contributed by atoms with Crippen molar-refractivity contribution in [2.75, 3.05) is 26.7 Å². The van der Waals surface area contributed by atoms with Gasteiger partial charge in [-0.25, -0.2) is 0 Å². The van der Waals surface area contributed by atoms with E-state index >= 15 is 0 Å². The zero-order valence-electron chi connectivity index (χ0n) is 9.70. The van der Waals surface area contributed by atoms with Crippen LogP contribution >= 0.6 is 0 Å². The first kappa shape index (κ1) is 12.4. The maximum atomic E-state index is 8.79. The Labute approximate surface area is 92.0 Å². The average molecular weight is 211 g/mol. The number of hydrogen-bond donors (Lipinski definition) is 1. The number of nitriles is 1. The molecule has 1 aliphatic heterocycles. The van der Waals surface area contributed by atoms with Gasteiger partial charge >= 0.3 is 0 Å². The molecule has 1 atom stereocenters. The van der Waals surface area contributed by atoms with Crippen LogP contribution in [0.2, 0.25) is 0 Å². The van der Waals surface area contributed by atoms with Crippen LogP contribution in [0.5, 0.6) is 0 Å². The second-order valence-corrected chi connectivity index (χ2v) is 4.56. The Morgan fingerprint density at radius 1 is 1.53 bits per heavy atom. The van der Waals surface area contributed by atoms with E-state index < -0.39 is 5.54 Å². The number of rotatable bonds is 4. The normalized spacial score (nSPS) is 23.3. The molecule has 1 fully saturated rings. The van der Waals surface area contributed by atoms with Gasteiger partial charge in [-0.15, -0.1) is 0 Å². The van der Waals surface area contributed by atoms with Crippen LogP contribution in [0.1, 0.15) is 26.2 Å². The Morgan fingerprint density at radius 3 is 2.60 bits per heavy atom. The van der Waals surface area contributed by atoms with E-state index in [9.17, 15) is 0 Å². The molecule has 0 aromatic rings. The number of likely N-dealkylation sites (tertiary alicyclic amines) is 1. The molecule has 0 amide bonds. The maximum Gasteiger partial charge on any atom is 0.102 e. The van der Waals surface area contributed by atoms with E-state index in [1.54, 1.807) is 14.0 Å². The standard InChI is InChI=1S/C11H21N3O/c1-11(13,9-12)5-8-14-6-3-10(15-2)4-7-14/h10H,3-8,13H2,1-2H3. The van der Waals surface area contributed by atoms with Gasteiger partial charge in [0.25, 0.3) is 0 Å². The summed E-state index contributed by atoms with van der Waals surface area (Å²) in [7, 11) is 1.77. The summed E-state index contributed by atoms with van der Waals surface area (Å²) in [5.74, 6) is 0. The lowest BCUT2D eigenvalue weighted by molar-refractivity contribution is 0.0399. The molecular weight excluding hydrogens is 190 g/mol. The molecule has 2 N–H and O–H groups in total.